The fourth-order valence-corrected chi connectivity index (χ4v) is 3.33. The number of pyridine rings is 2. The molecule has 0 radical (unpaired) electrons. The third-order valence-electron chi connectivity index (χ3n) is 4.98. The van der Waals surface area contributed by atoms with Gasteiger partial charge in [0.2, 0.25) is 0 Å². The molecule has 3 heterocycles. The number of aliphatic hydroxyl groups is 1. The van der Waals surface area contributed by atoms with Gasteiger partial charge in [-0.3, -0.25) is 4.79 Å². The number of para-hydroxylation sites is 1. The maximum atomic E-state index is 12.2. The molecule has 1 atom stereocenters. The van der Waals surface area contributed by atoms with Crippen LogP contribution in [0.2, 0.25) is 0 Å². The van der Waals surface area contributed by atoms with Crippen molar-refractivity contribution in [1.29, 1.82) is 0 Å². The van der Waals surface area contributed by atoms with Crippen LogP contribution >= 0.6 is 0 Å². The summed E-state index contributed by atoms with van der Waals surface area (Å²) < 4.78 is 0. The first kappa shape index (κ1) is 19.4. The number of benzene rings is 1. The molecule has 4 aromatic rings. The van der Waals surface area contributed by atoms with E-state index < -0.39 is 12.0 Å². The minimum atomic E-state index is -1.41. The van der Waals surface area contributed by atoms with Crippen LogP contribution in [0.1, 0.15) is 11.7 Å². The van der Waals surface area contributed by atoms with Crippen molar-refractivity contribution in [2.45, 2.75) is 6.10 Å². The monoisotopic (exact) mass is 403 g/mol. The summed E-state index contributed by atoms with van der Waals surface area (Å²) in [5.74, 6) is -0.223. The highest BCUT2D eigenvalue weighted by atomic mass is 16.3. The van der Waals surface area contributed by atoms with Gasteiger partial charge in [0.05, 0.1) is 0 Å². The standard InChI is InChI=1S/C22H21N5O3/c1-27(2)22(30)19(29)16-8-13(9-24-20(16)23)12-7-15-17(11-26-21(15)25-10-12)14-5-3-4-6-18(14)28/h3-11,19,28-29H,1-2H3,(H2,23,24)(H,25,26). The zero-order valence-electron chi connectivity index (χ0n) is 16.5. The van der Waals surface area contributed by atoms with Gasteiger partial charge in [0.25, 0.3) is 5.91 Å². The quantitative estimate of drug-likeness (QED) is 0.415. The van der Waals surface area contributed by atoms with Crippen LogP contribution in [0.25, 0.3) is 33.3 Å². The van der Waals surface area contributed by atoms with Gasteiger partial charge in [-0.1, -0.05) is 18.2 Å². The molecule has 0 saturated heterocycles. The number of H-pyrrole nitrogens is 1. The number of phenolic OH excluding ortho intramolecular Hbond substituents is 1. The number of anilines is 1. The molecule has 0 aliphatic rings. The number of rotatable bonds is 4. The first-order valence-electron chi connectivity index (χ1n) is 9.27. The summed E-state index contributed by atoms with van der Waals surface area (Å²) in [6, 6.07) is 10.6. The number of hydrogen-bond donors (Lipinski definition) is 4. The molecule has 8 heteroatoms. The molecule has 30 heavy (non-hydrogen) atoms. The predicted molar refractivity (Wildman–Crippen MR) is 114 cm³/mol. The number of amides is 1. The lowest BCUT2D eigenvalue weighted by molar-refractivity contribution is -0.137. The van der Waals surface area contributed by atoms with Crippen LogP contribution in [0.4, 0.5) is 5.82 Å². The Morgan fingerprint density at radius 1 is 1.10 bits per heavy atom. The van der Waals surface area contributed by atoms with E-state index in [1.54, 1.807) is 50.9 Å². The Morgan fingerprint density at radius 2 is 1.80 bits per heavy atom. The van der Waals surface area contributed by atoms with Crippen molar-refractivity contribution in [3.05, 3.63) is 60.6 Å². The Kier molecular flexibility index (Phi) is 4.85. The van der Waals surface area contributed by atoms with Crippen LogP contribution in [-0.4, -0.2) is 50.1 Å². The predicted octanol–water partition coefficient (Wildman–Crippen LogP) is 2.70. The number of aromatic nitrogens is 3. The number of phenols is 1. The number of hydrogen-bond acceptors (Lipinski definition) is 6. The largest absolute Gasteiger partial charge is 0.507 e. The minimum absolute atomic E-state index is 0.0898. The zero-order valence-corrected chi connectivity index (χ0v) is 16.5. The van der Waals surface area contributed by atoms with Gasteiger partial charge in [0.15, 0.2) is 6.10 Å². The average Bonchev–Trinajstić information content (AvgIpc) is 3.16. The fraction of sp³-hybridized carbons (Fsp3) is 0.136. The normalized spacial score (nSPS) is 12.1. The summed E-state index contributed by atoms with van der Waals surface area (Å²) in [5.41, 5.74) is 9.70. The summed E-state index contributed by atoms with van der Waals surface area (Å²) in [6.45, 7) is 0. The van der Waals surface area contributed by atoms with E-state index in [1.807, 2.05) is 18.2 Å². The summed E-state index contributed by atoms with van der Waals surface area (Å²) in [4.78, 5) is 25.2. The van der Waals surface area contributed by atoms with E-state index in [9.17, 15) is 15.0 Å². The number of aliphatic hydroxyl groups excluding tert-OH is 1. The first-order chi connectivity index (χ1) is 14.4. The highest BCUT2D eigenvalue weighted by molar-refractivity contribution is 5.97. The first-order valence-corrected chi connectivity index (χ1v) is 9.27. The molecule has 3 aromatic heterocycles. The second-order valence-electron chi connectivity index (χ2n) is 7.17. The topological polar surface area (TPSA) is 128 Å². The van der Waals surface area contributed by atoms with Crippen molar-refractivity contribution in [3.8, 4) is 28.0 Å². The molecule has 5 N–H and O–H groups in total. The van der Waals surface area contributed by atoms with Gasteiger partial charge >= 0.3 is 0 Å². The third-order valence-corrected chi connectivity index (χ3v) is 4.98. The molecule has 0 bridgehead atoms. The summed E-state index contributed by atoms with van der Waals surface area (Å²) >= 11 is 0. The Labute approximate surface area is 172 Å². The van der Waals surface area contributed by atoms with E-state index in [-0.39, 0.29) is 17.1 Å². The van der Waals surface area contributed by atoms with Crippen molar-refractivity contribution in [2.24, 2.45) is 0 Å². The van der Waals surface area contributed by atoms with Crippen molar-refractivity contribution in [2.75, 3.05) is 19.8 Å². The maximum Gasteiger partial charge on any atom is 0.255 e. The van der Waals surface area contributed by atoms with Crippen molar-refractivity contribution in [3.63, 3.8) is 0 Å². The van der Waals surface area contributed by atoms with Crippen molar-refractivity contribution < 1.29 is 15.0 Å². The number of carbonyl (C=O) groups excluding carboxylic acids is 1. The van der Waals surface area contributed by atoms with E-state index in [0.29, 0.717) is 16.8 Å². The number of fused-ring (bicyclic) bond motifs is 1. The number of nitrogens with two attached hydrogens (primary N) is 1. The summed E-state index contributed by atoms with van der Waals surface area (Å²) in [6.07, 6.45) is 3.63. The highest BCUT2D eigenvalue weighted by Crippen LogP contribution is 2.36. The molecule has 152 valence electrons. The number of likely N-dealkylation sites (N-methyl/N-ethyl adjacent to an activating group) is 1. The van der Waals surface area contributed by atoms with Gasteiger partial charge in [0.1, 0.15) is 17.2 Å². The van der Waals surface area contributed by atoms with E-state index >= 15 is 0 Å². The minimum Gasteiger partial charge on any atom is -0.507 e. The molecule has 0 aliphatic heterocycles. The molecule has 0 fully saturated rings. The van der Waals surface area contributed by atoms with E-state index in [1.165, 1.54) is 4.90 Å². The van der Waals surface area contributed by atoms with Crippen molar-refractivity contribution >= 4 is 22.8 Å². The number of carbonyl (C=O) groups is 1. The van der Waals surface area contributed by atoms with Gasteiger partial charge in [-0.15, -0.1) is 0 Å². The lowest BCUT2D eigenvalue weighted by Gasteiger charge is -2.17. The van der Waals surface area contributed by atoms with Gasteiger partial charge in [-0.05, 0) is 18.2 Å². The van der Waals surface area contributed by atoms with Crippen LogP contribution in [0.5, 0.6) is 5.75 Å². The zero-order chi connectivity index (χ0) is 21.4. The molecule has 1 aromatic carbocycles. The number of aromatic amines is 1. The van der Waals surface area contributed by atoms with Crippen LogP contribution in [-0.2, 0) is 4.79 Å². The number of nitrogens with zero attached hydrogens (tertiary/aromatic N) is 3. The van der Waals surface area contributed by atoms with E-state index in [0.717, 1.165) is 16.5 Å². The molecule has 0 aliphatic carbocycles. The number of nitrogen functional groups attached to an aromatic ring is 1. The van der Waals surface area contributed by atoms with Crippen LogP contribution in [0.15, 0.2) is 55.0 Å². The second kappa shape index (κ2) is 7.49. The van der Waals surface area contributed by atoms with Crippen LogP contribution in [0, 0.1) is 0 Å². The third kappa shape index (κ3) is 3.33. The molecule has 0 spiro atoms. The van der Waals surface area contributed by atoms with Gasteiger partial charge < -0.3 is 25.8 Å². The van der Waals surface area contributed by atoms with Gasteiger partial charge in [-0.2, -0.15) is 0 Å². The molecule has 8 nitrogen and oxygen atoms in total. The van der Waals surface area contributed by atoms with E-state index in [2.05, 4.69) is 15.0 Å². The second-order valence-corrected chi connectivity index (χ2v) is 7.17. The van der Waals surface area contributed by atoms with E-state index in [4.69, 9.17) is 5.73 Å². The fourth-order valence-electron chi connectivity index (χ4n) is 3.33. The molecular weight excluding hydrogens is 382 g/mol. The summed E-state index contributed by atoms with van der Waals surface area (Å²) in [7, 11) is 3.12. The molecule has 4 rings (SSSR count). The Morgan fingerprint density at radius 3 is 2.53 bits per heavy atom. The average molecular weight is 403 g/mol. The Hall–Kier alpha value is -3.91. The highest BCUT2D eigenvalue weighted by Gasteiger charge is 2.23. The number of nitrogens with one attached hydrogen (secondary N) is 1. The number of aromatic hydroxyl groups is 1. The molecular formula is C22H21N5O3. The SMILES string of the molecule is CN(C)C(=O)C(O)c1cc(-c2cnc3[nH]cc(-c4ccccc4O)c3c2)cnc1N. The lowest BCUT2D eigenvalue weighted by atomic mass is 10.0. The van der Waals surface area contributed by atoms with Crippen LogP contribution in [0.3, 0.4) is 0 Å². The van der Waals surface area contributed by atoms with Crippen LogP contribution < -0.4 is 5.73 Å². The maximum absolute atomic E-state index is 12.2. The van der Waals surface area contributed by atoms with Crippen molar-refractivity contribution in [1.82, 2.24) is 19.9 Å². The lowest BCUT2D eigenvalue weighted by Crippen LogP contribution is -2.28. The smallest absolute Gasteiger partial charge is 0.255 e. The molecule has 1 amide bonds. The Balaban J connectivity index is 1.81. The van der Waals surface area contributed by atoms with Gasteiger partial charge in [-0.25, -0.2) is 9.97 Å². The molecule has 1 unspecified atom stereocenters. The summed E-state index contributed by atoms with van der Waals surface area (Å²) in [5, 5.41) is 21.5. The molecule has 0 saturated carbocycles. The Bertz CT molecular complexity index is 1250. The van der Waals surface area contributed by atoms with Gasteiger partial charge in [0, 0.05) is 65.9 Å².